The van der Waals surface area contributed by atoms with E-state index >= 15 is 0 Å². The van der Waals surface area contributed by atoms with Crippen LogP contribution in [0.25, 0.3) is 0 Å². The molecule has 0 aromatic heterocycles. The average molecular weight is 331 g/mol. The average Bonchev–Trinajstić information content (AvgIpc) is 2.80. The second-order valence-electron chi connectivity index (χ2n) is 4.07. The van der Waals surface area contributed by atoms with Crippen LogP contribution in [0, 0.1) is 0 Å². The molecule has 0 bridgehead atoms. The zero-order chi connectivity index (χ0) is 12.3. The number of nitrogens with one attached hydrogen (secondary N) is 1. The second-order valence-corrected chi connectivity index (χ2v) is 6.83. The highest BCUT2D eigenvalue weighted by Crippen LogP contribution is 2.27. The first-order chi connectivity index (χ1) is 8.16. The van der Waals surface area contributed by atoms with Crippen LogP contribution in [0.3, 0.4) is 0 Å². The molecule has 1 unspecified atom stereocenters. The Bertz CT molecular complexity index is 417. The van der Waals surface area contributed by atoms with Gasteiger partial charge in [0.2, 0.25) is 0 Å². The van der Waals surface area contributed by atoms with Crippen molar-refractivity contribution in [3.05, 3.63) is 28.2 Å². The van der Waals surface area contributed by atoms with Crippen molar-refractivity contribution in [1.29, 1.82) is 0 Å². The quantitative estimate of drug-likeness (QED) is 0.830. The van der Waals surface area contributed by atoms with Gasteiger partial charge in [-0.05, 0) is 36.8 Å². The van der Waals surface area contributed by atoms with Gasteiger partial charge in [0, 0.05) is 27.5 Å². The van der Waals surface area contributed by atoms with Crippen LogP contribution in [0.15, 0.2) is 22.7 Å². The lowest BCUT2D eigenvalue weighted by Gasteiger charge is -2.14. The molecule has 1 aromatic rings. The van der Waals surface area contributed by atoms with E-state index in [-0.39, 0.29) is 0 Å². The van der Waals surface area contributed by atoms with Gasteiger partial charge < -0.3 is 11.1 Å². The standard InChI is InChI=1S/C12H15BrN2S2/c13-8-3-4-11(10(6-8)12(14)16)15-7-9-2-1-5-17-9/h3-4,6,9,15H,1-2,5,7H2,(H2,14,16). The Morgan fingerprint density at radius 2 is 2.41 bits per heavy atom. The summed E-state index contributed by atoms with van der Waals surface area (Å²) in [5.74, 6) is 1.29. The van der Waals surface area contributed by atoms with E-state index in [1.165, 1.54) is 18.6 Å². The van der Waals surface area contributed by atoms with E-state index in [0.29, 0.717) is 4.99 Å². The molecule has 0 aliphatic carbocycles. The number of hydrogen-bond donors (Lipinski definition) is 2. The maximum absolute atomic E-state index is 5.73. The van der Waals surface area contributed by atoms with Gasteiger partial charge in [0.05, 0.1) is 0 Å². The highest BCUT2D eigenvalue weighted by molar-refractivity contribution is 9.10. The molecule has 0 spiro atoms. The summed E-state index contributed by atoms with van der Waals surface area (Å²) in [4.78, 5) is 0.438. The molecule has 0 saturated carbocycles. The molecule has 0 radical (unpaired) electrons. The molecule has 1 heterocycles. The van der Waals surface area contributed by atoms with E-state index in [4.69, 9.17) is 18.0 Å². The van der Waals surface area contributed by atoms with Crippen LogP contribution in [0.5, 0.6) is 0 Å². The third-order valence-corrected chi connectivity index (χ3v) is 4.90. The molecule has 1 saturated heterocycles. The number of rotatable bonds is 4. The number of hydrogen-bond acceptors (Lipinski definition) is 3. The fraction of sp³-hybridized carbons (Fsp3) is 0.417. The summed E-state index contributed by atoms with van der Waals surface area (Å²) >= 11 is 10.5. The predicted molar refractivity (Wildman–Crippen MR) is 84.0 cm³/mol. The van der Waals surface area contributed by atoms with E-state index < -0.39 is 0 Å². The van der Waals surface area contributed by atoms with Gasteiger partial charge in [-0.1, -0.05) is 28.1 Å². The maximum Gasteiger partial charge on any atom is 0.106 e. The highest BCUT2D eigenvalue weighted by atomic mass is 79.9. The van der Waals surface area contributed by atoms with E-state index in [1.807, 2.05) is 30.0 Å². The van der Waals surface area contributed by atoms with Crippen molar-refractivity contribution in [2.45, 2.75) is 18.1 Å². The van der Waals surface area contributed by atoms with Crippen LogP contribution in [0.2, 0.25) is 0 Å². The van der Waals surface area contributed by atoms with Gasteiger partial charge in [0.25, 0.3) is 0 Å². The monoisotopic (exact) mass is 330 g/mol. The van der Waals surface area contributed by atoms with Crippen molar-refractivity contribution in [1.82, 2.24) is 0 Å². The minimum atomic E-state index is 0.438. The fourth-order valence-electron chi connectivity index (χ4n) is 1.90. The summed E-state index contributed by atoms with van der Waals surface area (Å²) in [5, 5.41) is 4.17. The fourth-order valence-corrected chi connectivity index (χ4v) is 3.63. The van der Waals surface area contributed by atoms with Gasteiger partial charge >= 0.3 is 0 Å². The Balaban J connectivity index is 2.06. The minimum absolute atomic E-state index is 0.438. The normalized spacial score (nSPS) is 19.2. The van der Waals surface area contributed by atoms with Crippen molar-refractivity contribution < 1.29 is 0 Å². The number of halogens is 1. The Morgan fingerprint density at radius 3 is 3.06 bits per heavy atom. The first kappa shape index (κ1) is 13.2. The predicted octanol–water partition coefficient (Wildman–Crippen LogP) is 3.39. The minimum Gasteiger partial charge on any atom is -0.389 e. The number of benzene rings is 1. The van der Waals surface area contributed by atoms with Crippen LogP contribution in [-0.4, -0.2) is 22.5 Å². The van der Waals surface area contributed by atoms with Gasteiger partial charge in [-0.15, -0.1) is 0 Å². The molecule has 1 atom stereocenters. The summed E-state index contributed by atoms with van der Waals surface area (Å²) in [6.45, 7) is 0.988. The lowest BCUT2D eigenvalue weighted by molar-refractivity contribution is 0.805. The smallest absolute Gasteiger partial charge is 0.106 e. The summed E-state index contributed by atoms with van der Waals surface area (Å²) in [5.41, 5.74) is 7.68. The third-order valence-electron chi connectivity index (χ3n) is 2.79. The van der Waals surface area contributed by atoms with E-state index in [2.05, 4.69) is 21.2 Å². The van der Waals surface area contributed by atoms with Gasteiger partial charge in [-0.3, -0.25) is 0 Å². The number of anilines is 1. The van der Waals surface area contributed by atoms with Crippen LogP contribution in [0.4, 0.5) is 5.69 Å². The SMILES string of the molecule is NC(=S)c1cc(Br)ccc1NCC1CCCS1. The molecule has 2 nitrogen and oxygen atoms in total. The molecular formula is C12H15BrN2S2. The van der Waals surface area contributed by atoms with Gasteiger partial charge in [0.15, 0.2) is 0 Å². The molecule has 5 heteroatoms. The first-order valence-electron chi connectivity index (χ1n) is 5.61. The molecule has 3 N–H and O–H groups in total. The Labute approximate surface area is 120 Å². The second kappa shape index (κ2) is 6.07. The van der Waals surface area contributed by atoms with Crippen molar-refractivity contribution in [3.8, 4) is 0 Å². The zero-order valence-electron chi connectivity index (χ0n) is 9.41. The molecule has 0 amide bonds. The molecule has 1 fully saturated rings. The highest BCUT2D eigenvalue weighted by Gasteiger charge is 2.15. The van der Waals surface area contributed by atoms with Crippen LogP contribution in [-0.2, 0) is 0 Å². The Kier molecular flexibility index (Phi) is 4.70. The van der Waals surface area contributed by atoms with Crippen molar-refractivity contribution in [2.24, 2.45) is 5.73 Å². The zero-order valence-corrected chi connectivity index (χ0v) is 12.6. The third kappa shape index (κ3) is 3.60. The maximum atomic E-state index is 5.73. The van der Waals surface area contributed by atoms with Crippen LogP contribution in [0.1, 0.15) is 18.4 Å². The van der Waals surface area contributed by atoms with E-state index in [1.54, 1.807) is 0 Å². The Hall–Kier alpha value is -0.260. The molecule has 1 aliphatic heterocycles. The number of thiocarbonyl (C=S) groups is 1. The Morgan fingerprint density at radius 1 is 1.59 bits per heavy atom. The molecular weight excluding hydrogens is 316 g/mol. The topological polar surface area (TPSA) is 38.0 Å². The lowest BCUT2D eigenvalue weighted by atomic mass is 10.1. The first-order valence-corrected chi connectivity index (χ1v) is 7.86. The van der Waals surface area contributed by atoms with Gasteiger partial charge in [-0.25, -0.2) is 0 Å². The molecule has 2 rings (SSSR count). The molecule has 17 heavy (non-hydrogen) atoms. The number of nitrogens with two attached hydrogens (primary N) is 1. The van der Waals surface area contributed by atoms with E-state index in [9.17, 15) is 0 Å². The molecule has 1 aliphatic rings. The summed E-state index contributed by atoms with van der Waals surface area (Å²) in [6.07, 6.45) is 2.64. The lowest BCUT2D eigenvalue weighted by Crippen LogP contribution is -2.18. The largest absolute Gasteiger partial charge is 0.389 e. The van der Waals surface area contributed by atoms with Crippen LogP contribution >= 0.6 is 39.9 Å². The summed E-state index contributed by atoms with van der Waals surface area (Å²) < 4.78 is 1.00. The number of thioether (sulfide) groups is 1. The van der Waals surface area contributed by atoms with E-state index in [0.717, 1.165) is 27.5 Å². The van der Waals surface area contributed by atoms with Crippen molar-refractivity contribution in [2.75, 3.05) is 17.6 Å². The summed E-state index contributed by atoms with van der Waals surface area (Å²) in [6, 6.07) is 6.00. The van der Waals surface area contributed by atoms with Crippen molar-refractivity contribution in [3.63, 3.8) is 0 Å². The van der Waals surface area contributed by atoms with Crippen LogP contribution < -0.4 is 11.1 Å². The van der Waals surface area contributed by atoms with Gasteiger partial charge in [0.1, 0.15) is 4.99 Å². The molecule has 92 valence electrons. The molecule has 1 aromatic carbocycles. The summed E-state index contributed by atoms with van der Waals surface area (Å²) in [7, 11) is 0. The van der Waals surface area contributed by atoms with Crippen molar-refractivity contribution >= 4 is 50.6 Å². The van der Waals surface area contributed by atoms with Gasteiger partial charge in [-0.2, -0.15) is 11.8 Å².